The first kappa shape index (κ1) is 24.0. The molecule has 0 radical (unpaired) electrons. The number of ketones is 1. The van der Waals surface area contributed by atoms with E-state index in [1.54, 1.807) is 32.0 Å². The van der Waals surface area contributed by atoms with E-state index in [-0.39, 0.29) is 28.9 Å². The van der Waals surface area contributed by atoms with Crippen LogP contribution < -0.4 is 9.46 Å². The van der Waals surface area contributed by atoms with E-state index in [0.717, 1.165) is 0 Å². The summed E-state index contributed by atoms with van der Waals surface area (Å²) in [6, 6.07) is 8.76. The number of nitrogens with one attached hydrogen (secondary N) is 1. The Morgan fingerprint density at radius 1 is 1.13 bits per heavy atom. The molecule has 0 saturated heterocycles. The van der Waals surface area contributed by atoms with Gasteiger partial charge in [0.25, 0.3) is 0 Å². The van der Waals surface area contributed by atoms with Crippen molar-refractivity contribution in [1.29, 1.82) is 0 Å². The van der Waals surface area contributed by atoms with Gasteiger partial charge in [-0.25, -0.2) is 17.9 Å². The molecule has 0 aliphatic heterocycles. The lowest BCUT2D eigenvalue weighted by Gasteiger charge is -2.13. The van der Waals surface area contributed by atoms with Gasteiger partial charge >= 0.3 is 5.97 Å². The Labute approximate surface area is 185 Å². The third-order valence-corrected chi connectivity index (χ3v) is 6.33. The minimum absolute atomic E-state index is 0.0417. The van der Waals surface area contributed by atoms with Crippen LogP contribution in [-0.2, 0) is 21.4 Å². The molecule has 0 unspecified atom stereocenters. The van der Waals surface area contributed by atoms with Crippen LogP contribution >= 0.6 is 15.9 Å². The molecule has 2 rings (SSSR count). The molecule has 9 heteroatoms. The summed E-state index contributed by atoms with van der Waals surface area (Å²) in [6.07, 6.45) is 0. The van der Waals surface area contributed by atoms with E-state index in [0.29, 0.717) is 28.0 Å². The molecule has 2 aromatic rings. The summed E-state index contributed by atoms with van der Waals surface area (Å²) >= 11 is 3.26. The zero-order valence-corrected chi connectivity index (χ0v) is 19.6. The van der Waals surface area contributed by atoms with Crippen LogP contribution in [0.1, 0.15) is 54.0 Å². The second kappa shape index (κ2) is 10.2. The maximum Gasteiger partial charge on any atom is 0.339 e. The van der Waals surface area contributed by atoms with E-state index in [2.05, 4.69) is 20.7 Å². The lowest BCUT2D eigenvalue weighted by atomic mass is 10.1. The van der Waals surface area contributed by atoms with E-state index in [4.69, 9.17) is 9.47 Å². The number of benzene rings is 2. The number of hydrogen-bond acceptors (Lipinski definition) is 6. The molecule has 0 aliphatic rings. The third kappa shape index (κ3) is 6.13. The van der Waals surface area contributed by atoms with Gasteiger partial charge in [-0.05, 0) is 80.0 Å². The molecule has 0 atom stereocenters. The Hall–Kier alpha value is -2.23. The molecule has 0 spiro atoms. The highest BCUT2D eigenvalue weighted by Gasteiger charge is 2.20. The summed E-state index contributed by atoms with van der Waals surface area (Å²) in [6.45, 7) is 6.95. The Kier molecular flexibility index (Phi) is 8.17. The van der Waals surface area contributed by atoms with E-state index < -0.39 is 16.0 Å². The first-order chi connectivity index (χ1) is 14.0. The summed E-state index contributed by atoms with van der Waals surface area (Å²) in [5.41, 5.74) is 1.08. The first-order valence-corrected chi connectivity index (χ1v) is 11.6. The van der Waals surface area contributed by atoms with Crippen molar-refractivity contribution in [1.82, 2.24) is 4.72 Å². The number of ether oxygens (including phenoxy) is 2. The first-order valence-electron chi connectivity index (χ1n) is 9.30. The molecule has 30 heavy (non-hydrogen) atoms. The highest BCUT2D eigenvalue weighted by Crippen LogP contribution is 2.25. The van der Waals surface area contributed by atoms with E-state index >= 15 is 0 Å². The molecule has 2 aromatic carbocycles. The number of carbonyl (C=O) groups excluding carboxylic acids is 2. The van der Waals surface area contributed by atoms with Gasteiger partial charge in [-0.3, -0.25) is 4.79 Å². The number of esters is 1. The predicted octanol–water partition coefficient (Wildman–Crippen LogP) is 4.09. The molecular weight excluding hydrogens is 474 g/mol. The molecule has 0 aliphatic carbocycles. The number of hydrogen-bond donors (Lipinski definition) is 1. The Bertz CT molecular complexity index is 1050. The average Bonchev–Trinajstić information content (AvgIpc) is 2.66. The molecule has 1 N–H and O–H groups in total. The normalized spacial score (nSPS) is 11.4. The van der Waals surface area contributed by atoms with Crippen molar-refractivity contribution in [2.24, 2.45) is 0 Å². The van der Waals surface area contributed by atoms with Gasteiger partial charge in [-0.15, -0.1) is 0 Å². The van der Waals surface area contributed by atoms with E-state index in [1.807, 2.05) is 6.92 Å². The Balaban J connectivity index is 2.28. The van der Waals surface area contributed by atoms with E-state index in [1.165, 1.54) is 25.1 Å². The molecule has 0 saturated carbocycles. The highest BCUT2D eigenvalue weighted by molar-refractivity contribution is 9.10. The van der Waals surface area contributed by atoms with Crippen molar-refractivity contribution in [3.63, 3.8) is 0 Å². The van der Waals surface area contributed by atoms with Gasteiger partial charge in [0, 0.05) is 21.6 Å². The summed E-state index contributed by atoms with van der Waals surface area (Å²) in [4.78, 5) is 24.3. The van der Waals surface area contributed by atoms with Crippen LogP contribution in [0.3, 0.4) is 0 Å². The summed E-state index contributed by atoms with van der Waals surface area (Å²) in [7, 11) is -3.76. The zero-order valence-electron chi connectivity index (χ0n) is 17.2. The maximum atomic E-state index is 12.7. The van der Waals surface area contributed by atoms with Gasteiger partial charge in [-0.1, -0.05) is 0 Å². The SMILES string of the molecule is CCOc1ccc(C(C)=O)cc1COC(=O)c1cc(S(=O)(=O)NC(C)C)ccc1Br. The molecular formula is C21H24BrNO6S. The predicted molar refractivity (Wildman–Crippen MR) is 116 cm³/mol. The molecule has 0 aromatic heterocycles. The second-order valence-electron chi connectivity index (χ2n) is 6.81. The van der Waals surface area contributed by atoms with Gasteiger partial charge in [-0.2, -0.15) is 0 Å². The van der Waals surface area contributed by atoms with Crippen LogP contribution in [0.4, 0.5) is 0 Å². The topological polar surface area (TPSA) is 98.8 Å². The fourth-order valence-corrected chi connectivity index (χ4v) is 4.32. The standard InChI is InChI=1S/C21H24BrNO6S/c1-5-28-20-9-6-15(14(4)24)10-16(20)12-29-21(25)18-11-17(7-8-19(18)22)30(26,27)23-13(2)3/h6-11,13,23H,5,12H2,1-4H3. The number of halogens is 1. The Morgan fingerprint density at radius 2 is 1.83 bits per heavy atom. The summed E-state index contributed by atoms with van der Waals surface area (Å²) in [5.74, 6) is -0.324. The van der Waals surface area contributed by atoms with Crippen LogP contribution in [0.15, 0.2) is 45.8 Å². The second-order valence-corrected chi connectivity index (χ2v) is 9.37. The van der Waals surface area contributed by atoms with Crippen LogP contribution in [0.5, 0.6) is 5.75 Å². The summed E-state index contributed by atoms with van der Waals surface area (Å²) in [5, 5.41) is 0. The Morgan fingerprint density at radius 3 is 2.43 bits per heavy atom. The molecule has 0 fully saturated rings. The zero-order chi connectivity index (χ0) is 22.5. The van der Waals surface area contributed by atoms with Crippen molar-refractivity contribution in [3.05, 3.63) is 57.6 Å². The lowest BCUT2D eigenvalue weighted by molar-refractivity contribution is 0.0468. The largest absolute Gasteiger partial charge is 0.493 e. The minimum atomic E-state index is -3.76. The number of rotatable bonds is 9. The van der Waals surface area contributed by atoms with Crippen molar-refractivity contribution in [2.45, 2.75) is 45.2 Å². The summed E-state index contributed by atoms with van der Waals surface area (Å²) < 4.78 is 38.6. The number of sulfonamides is 1. The fourth-order valence-electron chi connectivity index (χ4n) is 2.63. The lowest BCUT2D eigenvalue weighted by Crippen LogP contribution is -2.30. The van der Waals surface area contributed by atoms with Crippen LogP contribution in [0.25, 0.3) is 0 Å². The van der Waals surface area contributed by atoms with Gasteiger partial charge in [0.05, 0.1) is 17.1 Å². The molecule has 0 bridgehead atoms. The van der Waals surface area contributed by atoms with Crippen LogP contribution in [0.2, 0.25) is 0 Å². The monoisotopic (exact) mass is 497 g/mol. The smallest absolute Gasteiger partial charge is 0.339 e. The van der Waals surface area contributed by atoms with Crippen molar-refractivity contribution >= 4 is 37.7 Å². The molecule has 7 nitrogen and oxygen atoms in total. The molecule has 0 amide bonds. The fraction of sp³-hybridized carbons (Fsp3) is 0.333. The average molecular weight is 498 g/mol. The highest BCUT2D eigenvalue weighted by atomic mass is 79.9. The van der Waals surface area contributed by atoms with Gasteiger partial charge in [0.15, 0.2) is 5.78 Å². The third-order valence-electron chi connectivity index (χ3n) is 3.98. The number of Topliss-reactive ketones (excluding diaryl/α,β-unsaturated/α-hetero) is 1. The minimum Gasteiger partial charge on any atom is -0.493 e. The van der Waals surface area contributed by atoms with Crippen LogP contribution in [0, 0.1) is 0 Å². The maximum absolute atomic E-state index is 12.7. The van der Waals surface area contributed by atoms with Crippen molar-refractivity contribution < 1.29 is 27.5 Å². The quantitative estimate of drug-likeness (QED) is 0.413. The number of carbonyl (C=O) groups is 2. The van der Waals surface area contributed by atoms with Gasteiger partial charge in [0.1, 0.15) is 12.4 Å². The molecule has 0 heterocycles. The van der Waals surface area contributed by atoms with Crippen LogP contribution in [-0.4, -0.2) is 32.8 Å². The van der Waals surface area contributed by atoms with E-state index in [9.17, 15) is 18.0 Å². The van der Waals surface area contributed by atoms with Gasteiger partial charge in [0.2, 0.25) is 10.0 Å². The van der Waals surface area contributed by atoms with Crippen molar-refractivity contribution in [3.8, 4) is 5.75 Å². The van der Waals surface area contributed by atoms with Gasteiger partial charge < -0.3 is 9.47 Å². The van der Waals surface area contributed by atoms with Crippen molar-refractivity contribution in [2.75, 3.05) is 6.61 Å². The molecule has 162 valence electrons.